The van der Waals surface area contributed by atoms with Crippen LogP contribution in [0.1, 0.15) is 24.4 Å². The number of fused-ring (bicyclic) bond motifs is 1. The van der Waals surface area contributed by atoms with Crippen molar-refractivity contribution in [2.24, 2.45) is 0 Å². The van der Waals surface area contributed by atoms with Crippen LogP contribution in [-0.2, 0) is 18.8 Å². The first kappa shape index (κ1) is 13.5. The van der Waals surface area contributed by atoms with Crippen LogP contribution in [0.2, 0.25) is 5.02 Å². The summed E-state index contributed by atoms with van der Waals surface area (Å²) >= 11 is 12.1. The van der Waals surface area contributed by atoms with Crippen molar-refractivity contribution in [1.29, 1.82) is 0 Å². The molecule has 0 saturated carbocycles. The van der Waals surface area contributed by atoms with E-state index in [1.807, 2.05) is 29.7 Å². The first-order valence-electron chi connectivity index (χ1n) is 6.36. The van der Waals surface area contributed by atoms with Gasteiger partial charge in [0.2, 0.25) is 5.89 Å². The van der Waals surface area contributed by atoms with E-state index >= 15 is 0 Å². The molecule has 3 rings (SSSR count). The predicted octanol–water partition coefficient (Wildman–Crippen LogP) is 4.03. The molecule has 0 radical (unpaired) electrons. The monoisotopic (exact) mass is 309 g/mol. The predicted molar refractivity (Wildman–Crippen MR) is 79.3 cm³/mol. The van der Waals surface area contributed by atoms with Gasteiger partial charge in [0.1, 0.15) is 23.6 Å². The molecule has 0 unspecified atom stereocenters. The van der Waals surface area contributed by atoms with E-state index in [2.05, 4.69) is 9.97 Å². The van der Waals surface area contributed by atoms with Crippen molar-refractivity contribution in [3.63, 3.8) is 0 Å². The van der Waals surface area contributed by atoms with Gasteiger partial charge in [-0.15, -0.1) is 11.6 Å². The standard InChI is InChI=1S/C14H13Cl2N3O/c1-2-9-7-17-13(20-9)8-19-11-5-3-4-10(16)14(11)18-12(19)6-15/h3-5,7H,2,6,8H2,1H3. The van der Waals surface area contributed by atoms with Crippen molar-refractivity contribution in [1.82, 2.24) is 14.5 Å². The number of alkyl halides is 1. The van der Waals surface area contributed by atoms with Crippen LogP contribution in [-0.4, -0.2) is 14.5 Å². The number of imidazole rings is 1. The molecule has 1 aromatic carbocycles. The molecule has 0 bridgehead atoms. The number of hydrogen-bond acceptors (Lipinski definition) is 3. The third-order valence-corrected chi connectivity index (χ3v) is 3.72. The van der Waals surface area contributed by atoms with E-state index in [9.17, 15) is 0 Å². The maximum absolute atomic E-state index is 6.17. The lowest BCUT2D eigenvalue weighted by atomic mass is 10.3. The Morgan fingerprint density at radius 1 is 1.35 bits per heavy atom. The number of aromatic nitrogens is 3. The van der Waals surface area contributed by atoms with Gasteiger partial charge < -0.3 is 8.98 Å². The molecule has 0 atom stereocenters. The molecule has 0 aliphatic heterocycles. The molecule has 0 aliphatic rings. The molecule has 2 aromatic heterocycles. The Bertz CT molecular complexity index is 748. The minimum atomic E-state index is 0.312. The summed E-state index contributed by atoms with van der Waals surface area (Å²) in [5.74, 6) is 2.58. The van der Waals surface area contributed by atoms with Gasteiger partial charge in [-0.25, -0.2) is 9.97 Å². The molecule has 3 aromatic rings. The first-order valence-corrected chi connectivity index (χ1v) is 7.27. The first-order chi connectivity index (χ1) is 9.72. The highest BCUT2D eigenvalue weighted by Crippen LogP contribution is 2.25. The molecule has 0 N–H and O–H groups in total. The van der Waals surface area contributed by atoms with E-state index in [1.54, 1.807) is 6.20 Å². The summed E-state index contributed by atoms with van der Waals surface area (Å²) in [5, 5.41) is 0.620. The van der Waals surface area contributed by atoms with Crippen LogP contribution in [0.3, 0.4) is 0 Å². The fourth-order valence-corrected chi connectivity index (χ4v) is 2.58. The van der Waals surface area contributed by atoms with E-state index in [1.165, 1.54) is 0 Å². The Morgan fingerprint density at radius 3 is 2.90 bits per heavy atom. The summed E-state index contributed by atoms with van der Waals surface area (Å²) in [6, 6.07) is 5.68. The Morgan fingerprint density at radius 2 is 2.20 bits per heavy atom. The second kappa shape index (κ2) is 5.46. The van der Waals surface area contributed by atoms with Crippen molar-refractivity contribution < 1.29 is 4.42 Å². The lowest BCUT2D eigenvalue weighted by Crippen LogP contribution is -2.04. The highest BCUT2D eigenvalue weighted by Gasteiger charge is 2.14. The molecule has 4 nitrogen and oxygen atoms in total. The summed E-state index contributed by atoms with van der Waals surface area (Å²) in [6.07, 6.45) is 2.58. The maximum Gasteiger partial charge on any atom is 0.214 e. The number of oxazole rings is 1. The third-order valence-electron chi connectivity index (χ3n) is 3.17. The van der Waals surface area contributed by atoms with Gasteiger partial charge in [0.15, 0.2) is 0 Å². The fourth-order valence-electron chi connectivity index (χ4n) is 2.16. The normalized spacial score (nSPS) is 11.3. The number of halogens is 2. The van der Waals surface area contributed by atoms with Gasteiger partial charge >= 0.3 is 0 Å². The van der Waals surface area contributed by atoms with Crippen LogP contribution < -0.4 is 0 Å². The van der Waals surface area contributed by atoms with E-state index < -0.39 is 0 Å². The van der Waals surface area contributed by atoms with E-state index in [0.29, 0.717) is 23.3 Å². The number of benzene rings is 1. The zero-order chi connectivity index (χ0) is 14.1. The van der Waals surface area contributed by atoms with E-state index in [4.69, 9.17) is 27.6 Å². The minimum Gasteiger partial charge on any atom is -0.444 e. The second-order valence-corrected chi connectivity index (χ2v) is 5.10. The summed E-state index contributed by atoms with van der Waals surface area (Å²) < 4.78 is 7.63. The van der Waals surface area contributed by atoms with Crippen LogP contribution in [0.4, 0.5) is 0 Å². The average molecular weight is 310 g/mol. The summed E-state index contributed by atoms with van der Waals surface area (Å²) in [5.41, 5.74) is 1.69. The molecule has 0 fully saturated rings. The Kier molecular flexibility index (Phi) is 3.68. The van der Waals surface area contributed by atoms with Crippen LogP contribution in [0, 0.1) is 0 Å². The van der Waals surface area contributed by atoms with Crippen molar-refractivity contribution in [2.75, 3.05) is 0 Å². The largest absolute Gasteiger partial charge is 0.444 e. The fraction of sp³-hybridized carbons (Fsp3) is 0.286. The quantitative estimate of drug-likeness (QED) is 0.683. The second-order valence-electron chi connectivity index (χ2n) is 4.43. The number of para-hydroxylation sites is 1. The van der Waals surface area contributed by atoms with Gasteiger partial charge in [0.25, 0.3) is 0 Å². The Balaban J connectivity index is 2.07. The summed E-state index contributed by atoms with van der Waals surface area (Å²) in [7, 11) is 0. The highest BCUT2D eigenvalue weighted by atomic mass is 35.5. The van der Waals surface area contributed by atoms with Gasteiger partial charge in [-0.05, 0) is 12.1 Å². The number of nitrogens with zero attached hydrogens (tertiary/aromatic N) is 3. The van der Waals surface area contributed by atoms with Crippen LogP contribution in [0.15, 0.2) is 28.8 Å². The lowest BCUT2D eigenvalue weighted by molar-refractivity contribution is 0.446. The van der Waals surface area contributed by atoms with Gasteiger partial charge in [-0.2, -0.15) is 0 Å². The lowest BCUT2D eigenvalue weighted by Gasteiger charge is -2.04. The van der Waals surface area contributed by atoms with E-state index in [-0.39, 0.29) is 0 Å². The van der Waals surface area contributed by atoms with Crippen molar-refractivity contribution in [3.05, 3.63) is 46.9 Å². The molecule has 104 valence electrons. The van der Waals surface area contributed by atoms with Gasteiger partial charge in [-0.1, -0.05) is 24.6 Å². The molecule has 2 heterocycles. The Hall–Kier alpha value is -1.52. The molecule has 0 saturated heterocycles. The molecule has 0 amide bonds. The minimum absolute atomic E-state index is 0.312. The third kappa shape index (κ3) is 2.30. The molecule has 0 spiro atoms. The maximum atomic E-state index is 6.17. The number of hydrogen-bond donors (Lipinski definition) is 0. The SMILES string of the molecule is CCc1cnc(Cn2c(CCl)nc3c(Cl)cccc32)o1. The molecule has 20 heavy (non-hydrogen) atoms. The number of aryl methyl sites for hydroxylation is 1. The zero-order valence-electron chi connectivity index (χ0n) is 10.9. The highest BCUT2D eigenvalue weighted by molar-refractivity contribution is 6.35. The average Bonchev–Trinajstić information content (AvgIpc) is 3.05. The molecular weight excluding hydrogens is 297 g/mol. The van der Waals surface area contributed by atoms with Crippen LogP contribution >= 0.6 is 23.2 Å². The number of rotatable bonds is 4. The molecule has 0 aliphatic carbocycles. The summed E-state index contributed by atoms with van der Waals surface area (Å²) in [4.78, 5) is 8.76. The van der Waals surface area contributed by atoms with Crippen LogP contribution in [0.25, 0.3) is 11.0 Å². The molecular formula is C14H13Cl2N3O. The smallest absolute Gasteiger partial charge is 0.214 e. The summed E-state index contributed by atoms with van der Waals surface area (Å²) in [6.45, 7) is 2.53. The zero-order valence-corrected chi connectivity index (χ0v) is 12.4. The van der Waals surface area contributed by atoms with Crippen molar-refractivity contribution in [3.8, 4) is 0 Å². The van der Waals surface area contributed by atoms with Gasteiger partial charge in [-0.3, -0.25) is 0 Å². The van der Waals surface area contributed by atoms with Crippen molar-refractivity contribution >= 4 is 34.2 Å². The van der Waals surface area contributed by atoms with Crippen molar-refractivity contribution in [2.45, 2.75) is 25.8 Å². The Labute approximate surface area is 126 Å². The van der Waals surface area contributed by atoms with E-state index in [0.717, 1.165) is 29.0 Å². The molecule has 6 heteroatoms. The van der Waals surface area contributed by atoms with Gasteiger partial charge in [0, 0.05) is 6.42 Å². The van der Waals surface area contributed by atoms with Gasteiger partial charge in [0.05, 0.1) is 22.6 Å². The topological polar surface area (TPSA) is 43.9 Å². The van der Waals surface area contributed by atoms with Crippen LogP contribution in [0.5, 0.6) is 0 Å².